The molecule has 0 amide bonds. The molecule has 2 aromatic heterocycles. The highest BCUT2D eigenvalue weighted by Crippen LogP contribution is 2.28. The second-order valence-corrected chi connectivity index (χ2v) is 10.7. The lowest BCUT2D eigenvalue weighted by molar-refractivity contribution is -0.0319. The Labute approximate surface area is 223 Å². The Kier molecular flexibility index (Phi) is 7.99. The van der Waals surface area contributed by atoms with Gasteiger partial charge in [-0.2, -0.15) is 5.10 Å². The van der Waals surface area contributed by atoms with E-state index in [1.54, 1.807) is 0 Å². The molecule has 1 aliphatic rings. The van der Waals surface area contributed by atoms with Crippen LogP contribution in [0.1, 0.15) is 18.4 Å². The van der Waals surface area contributed by atoms with E-state index in [0.717, 1.165) is 62.6 Å². The van der Waals surface area contributed by atoms with Crippen molar-refractivity contribution in [1.82, 2.24) is 29.1 Å². The van der Waals surface area contributed by atoms with Gasteiger partial charge in [0.25, 0.3) is 0 Å². The fraction of sp³-hybridized carbons (Fsp3) is 0.407. The van der Waals surface area contributed by atoms with Gasteiger partial charge in [-0.15, -0.1) is 0 Å². The van der Waals surface area contributed by atoms with Crippen molar-refractivity contribution in [1.29, 1.82) is 0 Å². The Morgan fingerprint density at radius 3 is 2.46 bits per heavy atom. The molecule has 3 heterocycles. The van der Waals surface area contributed by atoms with Gasteiger partial charge in [-0.25, -0.2) is 18.4 Å². The maximum absolute atomic E-state index is 14.7. The number of aliphatic hydroxyl groups is 1. The first-order valence-electron chi connectivity index (χ1n) is 12.6. The Morgan fingerprint density at radius 2 is 1.70 bits per heavy atom. The van der Waals surface area contributed by atoms with Gasteiger partial charge in [-0.3, -0.25) is 4.90 Å². The first-order valence-corrected chi connectivity index (χ1v) is 13.4. The van der Waals surface area contributed by atoms with Crippen LogP contribution in [0.25, 0.3) is 10.9 Å². The molecule has 1 unspecified atom stereocenters. The second-order valence-electron chi connectivity index (χ2n) is 9.79. The second kappa shape index (κ2) is 11.4. The van der Waals surface area contributed by atoms with Crippen LogP contribution in [0.3, 0.4) is 0 Å². The predicted molar refractivity (Wildman–Crippen MR) is 142 cm³/mol. The van der Waals surface area contributed by atoms with E-state index < -0.39 is 17.2 Å². The number of hydrogen-bond acceptors (Lipinski definition) is 5. The number of aromatic nitrogens is 4. The van der Waals surface area contributed by atoms with Crippen LogP contribution in [0.2, 0.25) is 0 Å². The molecule has 10 heteroatoms. The molecule has 2 aromatic carbocycles. The summed E-state index contributed by atoms with van der Waals surface area (Å²) in [5, 5.41) is 16.9. The molecule has 0 bridgehead atoms. The summed E-state index contributed by atoms with van der Waals surface area (Å²) in [6, 6.07) is 11.8. The van der Waals surface area contributed by atoms with Gasteiger partial charge >= 0.3 is 0 Å². The number of nitrogens with zero attached hydrogens (tertiary/aromatic N) is 6. The molecular weight excluding hydrogens is 542 g/mol. The number of hydrogen-bond donors (Lipinski definition) is 1. The van der Waals surface area contributed by atoms with E-state index in [2.05, 4.69) is 70.8 Å². The van der Waals surface area contributed by atoms with Gasteiger partial charge in [0.2, 0.25) is 0 Å². The highest BCUT2D eigenvalue weighted by atomic mass is 79.9. The van der Waals surface area contributed by atoms with Crippen LogP contribution in [0.5, 0.6) is 0 Å². The van der Waals surface area contributed by atoms with Crippen molar-refractivity contribution in [2.45, 2.75) is 31.5 Å². The topological polar surface area (TPSA) is 62.4 Å². The lowest BCUT2D eigenvalue weighted by Gasteiger charge is -2.39. The highest BCUT2D eigenvalue weighted by molar-refractivity contribution is 9.10. The molecule has 7 nitrogen and oxygen atoms in total. The lowest BCUT2D eigenvalue weighted by Crippen LogP contribution is -2.52. The fourth-order valence-electron chi connectivity index (χ4n) is 5.19. The summed E-state index contributed by atoms with van der Waals surface area (Å²) in [7, 11) is 0. The molecule has 4 aromatic rings. The molecule has 0 saturated carbocycles. The number of unbranched alkanes of at least 4 members (excludes halogenated alkanes) is 1. The Morgan fingerprint density at radius 1 is 0.919 bits per heavy atom. The smallest absolute Gasteiger partial charge is 0.137 e. The molecule has 1 aliphatic heterocycles. The number of halogens is 3. The minimum atomic E-state index is -1.57. The number of aryl methyl sites for hydroxylation is 1. The molecule has 1 fully saturated rings. The molecule has 196 valence electrons. The Bertz CT molecular complexity index is 1320. The van der Waals surface area contributed by atoms with Crippen LogP contribution < -0.4 is 0 Å². The minimum absolute atomic E-state index is 0.0286. The molecule has 5 rings (SSSR count). The third kappa shape index (κ3) is 6.26. The number of piperazine rings is 1. The Hall–Kier alpha value is -2.66. The zero-order chi connectivity index (χ0) is 25.8. The van der Waals surface area contributed by atoms with E-state index in [1.165, 1.54) is 40.4 Å². The van der Waals surface area contributed by atoms with E-state index in [9.17, 15) is 13.9 Å². The quantitative estimate of drug-likeness (QED) is 0.288. The van der Waals surface area contributed by atoms with E-state index in [0.29, 0.717) is 0 Å². The van der Waals surface area contributed by atoms with Gasteiger partial charge in [-0.05, 0) is 49.7 Å². The predicted octanol–water partition coefficient (Wildman–Crippen LogP) is 4.26. The van der Waals surface area contributed by atoms with Gasteiger partial charge in [0.15, 0.2) is 0 Å². The van der Waals surface area contributed by atoms with Crippen molar-refractivity contribution in [3.05, 3.63) is 83.0 Å². The molecule has 0 aliphatic carbocycles. The normalized spacial score (nSPS) is 16.9. The third-order valence-corrected chi connectivity index (χ3v) is 7.62. The number of benzene rings is 2. The van der Waals surface area contributed by atoms with Crippen molar-refractivity contribution in [3.8, 4) is 0 Å². The minimum Gasteiger partial charge on any atom is -0.382 e. The van der Waals surface area contributed by atoms with Crippen molar-refractivity contribution >= 4 is 26.8 Å². The van der Waals surface area contributed by atoms with E-state index in [4.69, 9.17) is 0 Å². The Balaban J connectivity index is 1.13. The van der Waals surface area contributed by atoms with Crippen LogP contribution in [0.4, 0.5) is 8.78 Å². The number of β-amino-alcohol motifs (C(OH)–C–C–N with tert-alkyl or cyclic N) is 1. The maximum atomic E-state index is 14.7. The lowest BCUT2D eigenvalue weighted by atomic mass is 9.92. The maximum Gasteiger partial charge on any atom is 0.137 e. The molecule has 0 radical (unpaired) electrons. The highest BCUT2D eigenvalue weighted by Gasteiger charge is 2.36. The van der Waals surface area contributed by atoms with Crippen LogP contribution in [-0.2, 0) is 18.7 Å². The zero-order valence-corrected chi connectivity index (χ0v) is 22.2. The van der Waals surface area contributed by atoms with Crippen LogP contribution >= 0.6 is 15.9 Å². The SMILES string of the molecule is OC(CN1CCN(CCCCn2ccc3cc(Br)ccc32)CC1)(Cn1cncn1)c1ccc(F)cc1F. The first kappa shape index (κ1) is 26.0. The summed E-state index contributed by atoms with van der Waals surface area (Å²) < 4.78 is 33.1. The summed E-state index contributed by atoms with van der Waals surface area (Å²) in [4.78, 5) is 8.51. The van der Waals surface area contributed by atoms with Crippen molar-refractivity contribution < 1.29 is 13.9 Å². The van der Waals surface area contributed by atoms with E-state index >= 15 is 0 Å². The van der Waals surface area contributed by atoms with Crippen molar-refractivity contribution in [2.75, 3.05) is 39.3 Å². The van der Waals surface area contributed by atoms with Gasteiger partial charge in [0, 0.05) is 72.5 Å². The van der Waals surface area contributed by atoms with Crippen molar-refractivity contribution in [3.63, 3.8) is 0 Å². The summed E-state index contributed by atoms with van der Waals surface area (Å²) >= 11 is 3.53. The van der Waals surface area contributed by atoms with Crippen LogP contribution in [0, 0.1) is 11.6 Å². The van der Waals surface area contributed by atoms with Crippen molar-refractivity contribution in [2.24, 2.45) is 0 Å². The van der Waals surface area contributed by atoms with E-state index in [-0.39, 0.29) is 18.7 Å². The van der Waals surface area contributed by atoms with E-state index in [1.807, 2.05) is 0 Å². The molecule has 1 atom stereocenters. The summed E-state index contributed by atoms with van der Waals surface area (Å²) in [5.41, 5.74) is -0.243. The van der Waals surface area contributed by atoms with Crippen LogP contribution in [0.15, 0.2) is 65.8 Å². The summed E-state index contributed by atoms with van der Waals surface area (Å²) in [6.07, 6.45) is 7.22. The van der Waals surface area contributed by atoms with Gasteiger partial charge in [-0.1, -0.05) is 22.0 Å². The molecule has 37 heavy (non-hydrogen) atoms. The largest absolute Gasteiger partial charge is 0.382 e. The van der Waals surface area contributed by atoms with Crippen LogP contribution in [-0.4, -0.2) is 73.5 Å². The third-order valence-electron chi connectivity index (χ3n) is 7.13. The average Bonchev–Trinajstić information content (AvgIpc) is 3.52. The fourth-order valence-corrected chi connectivity index (χ4v) is 5.57. The number of fused-ring (bicyclic) bond motifs is 1. The zero-order valence-electron chi connectivity index (χ0n) is 20.6. The van der Waals surface area contributed by atoms with Gasteiger partial charge in [0.05, 0.1) is 6.54 Å². The molecular formula is C27H31BrF2N6O. The standard InChI is InChI=1S/C27H31BrF2N6O/c28-22-3-6-26-21(15-22)7-10-35(26)9-2-1-8-33-11-13-34(14-12-33)17-27(37,18-36-20-31-19-32-36)24-5-4-23(29)16-25(24)30/h3-7,10,15-16,19-20,37H,1-2,8-9,11-14,17-18H2. The molecule has 0 spiro atoms. The van der Waals surface area contributed by atoms with Gasteiger partial charge < -0.3 is 14.6 Å². The monoisotopic (exact) mass is 572 g/mol. The molecule has 1 N–H and O–H groups in total. The summed E-state index contributed by atoms with van der Waals surface area (Å²) in [5.74, 6) is -1.43. The first-order chi connectivity index (χ1) is 17.9. The van der Waals surface area contributed by atoms with Gasteiger partial charge in [0.1, 0.15) is 29.9 Å². The average molecular weight is 573 g/mol. The summed E-state index contributed by atoms with van der Waals surface area (Å²) in [6.45, 7) is 5.55. The number of rotatable bonds is 10. The molecule has 1 saturated heterocycles.